The van der Waals surface area contributed by atoms with Crippen molar-refractivity contribution in [3.8, 4) is 17.1 Å². The van der Waals surface area contributed by atoms with Gasteiger partial charge < -0.3 is 15.0 Å². The van der Waals surface area contributed by atoms with Crippen molar-refractivity contribution < 1.29 is 14.3 Å². The molecule has 1 heterocycles. The largest absolute Gasteiger partial charge is 0.494 e. The molecule has 0 radical (unpaired) electrons. The molecule has 5 rings (SSSR count). The first-order valence-corrected chi connectivity index (χ1v) is 11.8. The molecule has 0 aliphatic rings. The summed E-state index contributed by atoms with van der Waals surface area (Å²) in [4.78, 5) is 33.4. The Morgan fingerprint density at radius 2 is 1.61 bits per heavy atom. The van der Waals surface area contributed by atoms with Crippen LogP contribution in [0.3, 0.4) is 0 Å². The maximum absolute atomic E-state index is 12.8. The Morgan fingerprint density at radius 3 is 2.39 bits per heavy atom. The molecule has 0 aliphatic heterocycles. The third-order valence-corrected chi connectivity index (χ3v) is 5.77. The molecule has 6 nitrogen and oxygen atoms in total. The second kappa shape index (κ2) is 10.3. The molecule has 0 bridgehead atoms. The minimum atomic E-state index is -0.205. The Kier molecular flexibility index (Phi) is 6.58. The Balaban J connectivity index is 1.31. The van der Waals surface area contributed by atoms with Gasteiger partial charge in [-0.25, -0.2) is 4.98 Å². The fourth-order valence-electron chi connectivity index (χ4n) is 3.91. The Morgan fingerprint density at radius 1 is 0.833 bits per heavy atom. The third-order valence-electron chi connectivity index (χ3n) is 5.77. The van der Waals surface area contributed by atoms with E-state index in [9.17, 15) is 9.59 Å². The number of carbonyl (C=O) groups excluding carboxylic acids is 2. The number of nitrogens with zero attached hydrogens (tertiary/aromatic N) is 1. The highest BCUT2D eigenvalue weighted by Crippen LogP contribution is 2.24. The summed E-state index contributed by atoms with van der Waals surface area (Å²) >= 11 is 0. The number of carbonyl (C=O) groups is 2. The summed E-state index contributed by atoms with van der Waals surface area (Å²) in [6, 6.07) is 29.3. The maximum atomic E-state index is 12.8. The monoisotopic (exact) mass is 475 g/mol. The average molecular weight is 476 g/mol. The summed E-state index contributed by atoms with van der Waals surface area (Å²) in [5, 5.41) is 2.92. The Labute approximate surface area is 209 Å². The number of ketones is 1. The van der Waals surface area contributed by atoms with Gasteiger partial charge in [-0.1, -0.05) is 43.3 Å². The van der Waals surface area contributed by atoms with Gasteiger partial charge in [0, 0.05) is 27.9 Å². The number of aromatic nitrogens is 2. The van der Waals surface area contributed by atoms with Gasteiger partial charge in [0.1, 0.15) is 11.6 Å². The average Bonchev–Trinajstić information content (AvgIpc) is 3.36. The molecular weight excluding hydrogens is 450 g/mol. The number of benzene rings is 4. The van der Waals surface area contributed by atoms with Gasteiger partial charge >= 0.3 is 0 Å². The molecule has 1 amide bonds. The van der Waals surface area contributed by atoms with Crippen LogP contribution < -0.4 is 10.1 Å². The van der Waals surface area contributed by atoms with Crippen LogP contribution in [-0.2, 0) is 0 Å². The zero-order valence-corrected chi connectivity index (χ0v) is 19.8. The number of hydrogen-bond donors (Lipinski definition) is 2. The summed E-state index contributed by atoms with van der Waals surface area (Å²) in [6.07, 6.45) is 0.904. The fraction of sp³-hybridized carbons (Fsp3) is 0.100. The smallest absolute Gasteiger partial charge is 0.255 e. The number of anilines is 1. The predicted molar refractivity (Wildman–Crippen MR) is 142 cm³/mol. The van der Waals surface area contributed by atoms with Crippen molar-refractivity contribution in [1.82, 2.24) is 9.97 Å². The Bertz CT molecular complexity index is 1520. The molecule has 0 aliphatic carbocycles. The molecule has 6 heteroatoms. The molecule has 0 unspecified atom stereocenters. The molecule has 4 aromatic carbocycles. The van der Waals surface area contributed by atoms with Gasteiger partial charge in [0.2, 0.25) is 0 Å². The van der Waals surface area contributed by atoms with E-state index in [0.717, 1.165) is 23.0 Å². The summed E-state index contributed by atoms with van der Waals surface area (Å²) in [5.74, 6) is 1.13. The van der Waals surface area contributed by atoms with Crippen LogP contribution in [0.1, 0.15) is 39.6 Å². The van der Waals surface area contributed by atoms with Crippen LogP contribution in [0.4, 0.5) is 5.69 Å². The van der Waals surface area contributed by atoms with Gasteiger partial charge in [-0.05, 0) is 67.1 Å². The van der Waals surface area contributed by atoms with Crippen LogP contribution in [0.2, 0.25) is 0 Å². The van der Waals surface area contributed by atoms with Crippen molar-refractivity contribution in [3.05, 3.63) is 114 Å². The van der Waals surface area contributed by atoms with Gasteiger partial charge in [0.25, 0.3) is 5.91 Å². The number of ether oxygens (including phenoxy) is 1. The molecule has 1 aromatic heterocycles. The van der Waals surface area contributed by atoms with Crippen LogP contribution in [-0.4, -0.2) is 28.3 Å². The van der Waals surface area contributed by atoms with Crippen molar-refractivity contribution >= 4 is 28.4 Å². The van der Waals surface area contributed by atoms with Crippen LogP contribution >= 0.6 is 0 Å². The molecule has 0 fully saturated rings. The zero-order chi connectivity index (χ0) is 24.9. The number of nitrogens with one attached hydrogen (secondary N) is 2. The third kappa shape index (κ3) is 5.03. The van der Waals surface area contributed by atoms with Crippen LogP contribution in [0.25, 0.3) is 22.4 Å². The Hall–Kier alpha value is -4.71. The van der Waals surface area contributed by atoms with E-state index in [-0.39, 0.29) is 11.7 Å². The molecule has 2 N–H and O–H groups in total. The first-order chi connectivity index (χ1) is 17.6. The van der Waals surface area contributed by atoms with Gasteiger partial charge in [-0.3, -0.25) is 9.59 Å². The summed E-state index contributed by atoms with van der Waals surface area (Å²) in [5.41, 5.74) is 4.89. The number of imidazole rings is 1. The second-order valence-electron chi connectivity index (χ2n) is 8.42. The van der Waals surface area contributed by atoms with E-state index < -0.39 is 0 Å². The lowest BCUT2D eigenvalue weighted by molar-refractivity contribution is 0.102. The summed E-state index contributed by atoms with van der Waals surface area (Å²) in [7, 11) is 0. The first kappa shape index (κ1) is 23.1. The lowest BCUT2D eigenvalue weighted by Crippen LogP contribution is -2.12. The lowest BCUT2D eigenvalue weighted by Gasteiger charge is -2.08. The van der Waals surface area contributed by atoms with E-state index in [1.54, 1.807) is 18.2 Å². The molecule has 0 saturated heterocycles. The zero-order valence-electron chi connectivity index (χ0n) is 19.8. The van der Waals surface area contributed by atoms with Crippen LogP contribution in [0, 0.1) is 0 Å². The number of amides is 1. The minimum Gasteiger partial charge on any atom is -0.494 e. The van der Waals surface area contributed by atoms with Gasteiger partial charge in [-0.2, -0.15) is 0 Å². The first-order valence-electron chi connectivity index (χ1n) is 11.8. The number of aromatic amines is 1. The standard InChI is InChI=1S/C30H25N3O3/c1-2-17-36-25-10-6-9-23(18-25)30(35)31-24-14-11-21(12-15-24)29-32-26-16-13-22(19-27(26)33-29)28(34)20-7-4-3-5-8-20/h3-16,18-19H,2,17H2,1H3,(H,31,35)(H,32,33). The molecule has 0 saturated carbocycles. The van der Waals surface area contributed by atoms with E-state index >= 15 is 0 Å². The highest BCUT2D eigenvalue weighted by atomic mass is 16.5. The molecular formula is C30H25N3O3. The number of rotatable bonds is 8. The normalized spacial score (nSPS) is 10.8. The number of hydrogen-bond acceptors (Lipinski definition) is 4. The topological polar surface area (TPSA) is 84.1 Å². The van der Waals surface area contributed by atoms with E-state index in [1.807, 2.05) is 85.8 Å². The maximum Gasteiger partial charge on any atom is 0.255 e. The van der Waals surface area contributed by atoms with Crippen molar-refractivity contribution in [2.75, 3.05) is 11.9 Å². The molecule has 5 aromatic rings. The van der Waals surface area contributed by atoms with E-state index in [4.69, 9.17) is 4.74 Å². The van der Waals surface area contributed by atoms with Crippen molar-refractivity contribution in [3.63, 3.8) is 0 Å². The minimum absolute atomic E-state index is 0.0313. The van der Waals surface area contributed by atoms with Crippen LogP contribution in [0.5, 0.6) is 5.75 Å². The number of fused-ring (bicyclic) bond motifs is 1. The van der Waals surface area contributed by atoms with Crippen molar-refractivity contribution in [2.45, 2.75) is 13.3 Å². The molecule has 0 spiro atoms. The summed E-state index contributed by atoms with van der Waals surface area (Å²) in [6.45, 7) is 2.65. The highest BCUT2D eigenvalue weighted by Gasteiger charge is 2.12. The second-order valence-corrected chi connectivity index (χ2v) is 8.42. The van der Waals surface area contributed by atoms with Crippen LogP contribution in [0.15, 0.2) is 97.1 Å². The van der Waals surface area contributed by atoms with Gasteiger partial charge in [0.15, 0.2) is 5.78 Å². The highest BCUT2D eigenvalue weighted by molar-refractivity contribution is 6.10. The summed E-state index contributed by atoms with van der Waals surface area (Å²) < 4.78 is 5.62. The van der Waals surface area contributed by atoms with E-state index in [2.05, 4.69) is 15.3 Å². The van der Waals surface area contributed by atoms with E-state index in [0.29, 0.717) is 40.6 Å². The SMILES string of the molecule is CCCOc1cccc(C(=O)Nc2ccc(-c3nc4ccc(C(=O)c5ccccc5)cc4[nH]3)cc2)c1. The predicted octanol–water partition coefficient (Wildman–Crippen LogP) is 6.50. The molecule has 36 heavy (non-hydrogen) atoms. The van der Waals surface area contributed by atoms with Gasteiger partial charge in [0.05, 0.1) is 17.6 Å². The molecule has 0 atom stereocenters. The quantitative estimate of drug-likeness (QED) is 0.251. The number of H-pyrrole nitrogens is 1. The lowest BCUT2D eigenvalue weighted by atomic mass is 10.0. The fourth-order valence-corrected chi connectivity index (χ4v) is 3.91. The molecule has 178 valence electrons. The van der Waals surface area contributed by atoms with Gasteiger partial charge in [-0.15, -0.1) is 0 Å². The van der Waals surface area contributed by atoms with Crippen molar-refractivity contribution in [2.24, 2.45) is 0 Å². The van der Waals surface area contributed by atoms with Crippen molar-refractivity contribution in [1.29, 1.82) is 0 Å². The van der Waals surface area contributed by atoms with E-state index in [1.165, 1.54) is 0 Å².